The molecule has 0 bridgehead atoms. The van der Waals surface area contributed by atoms with Crippen LogP contribution in [0.4, 0.5) is 5.00 Å². The fraction of sp³-hybridized carbons (Fsp3) is 0. The third kappa shape index (κ3) is 2.18. The Bertz CT molecular complexity index is 495. The number of halogens is 1. The highest BCUT2D eigenvalue weighted by atomic mass is 127. The second-order valence-electron chi connectivity index (χ2n) is 2.89. The van der Waals surface area contributed by atoms with Crippen LogP contribution in [0, 0.1) is 13.7 Å². The first-order valence-electron chi connectivity index (χ1n) is 4.17. The van der Waals surface area contributed by atoms with Crippen LogP contribution in [0.5, 0.6) is 0 Å². The lowest BCUT2D eigenvalue weighted by atomic mass is 10.2. The van der Waals surface area contributed by atoms with Gasteiger partial charge in [0.15, 0.2) is 0 Å². The highest BCUT2D eigenvalue weighted by Crippen LogP contribution is 2.37. The molecule has 5 heteroatoms. The smallest absolute Gasteiger partial charge is 0.258 e. The van der Waals surface area contributed by atoms with Crippen LogP contribution in [0.25, 0.3) is 10.4 Å². The van der Waals surface area contributed by atoms with Crippen LogP contribution >= 0.6 is 33.9 Å². The van der Waals surface area contributed by atoms with Gasteiger partial charge in [-0.3, -0.25) is 10.1 Å². The average molecular weight is 331 g/mol. The Labute approximate surface area is 104 Å². The SMILES string of the molecule is O=[N+]([O-])c1sc(-c2ccccc2)cc1I. The van der Waals surface area contributed by atoms with Crippen molar-refractivity contribution in [3.05, 3.63) is 50.1 Å². The molecule has 1 aromatic carbocycles. The molecule has 76 valence electrons. The van der Waals surface area contributed by atoms with Gasteiger partial charge in [-0.2, -0.15) is 0 Å². The molecule has 2 rings (SSSR count). The van der Waals surface area contributed by atoms with E-state index in [0.29, 0.717) is 3.57 Å². The van der Waals surface area contributed by atoms with Crippen LogP contribution in [-0.2, 0) is 0 Å². The van der Waals surface area contributed by atoms with Gasteiger partial charge in [-0.15, -0.1) is 0 Å². The third-order valence-electron chi connectivity index (χ3n) is 1.89. The Balaban J connectivity index is 2.48. The zero-order valence-electron chi connectivity index (χ0n) is 7.51. The van der Waals surface area contributed by atoms with Gasteiger partial charge < -0.3 is 0 Å². The van der Waals surface area contributed by atoms with E-state index in [1.807, 2.05) is 59.0 Å². The molecule has 2 aromatic rings. The summed E-state index contributed by atoms with van der Waals surface area (Å²) in [5.74, 6) is 0. The number of rotatable bonds is 2. The second kappa shape index (κ2) is 4.28. The summed E-state index contributed by atoms with van der Waals surface area (Å²) in [6, 6.07) is 11.5. The minimum atomic E-state index is -0.334. The maximum absolute atomic E-state index is 10.7. The van der Waals surface area contributed by atoms with E-state index in [1.54, 1.807) is 0 Å². The summed E-state index contributed by atoms with van der Waals surface area (Å²) in [6.45, 7) is 0. The third-order valence-corrected chi connectivity index (χ3v) is 4.22. The van der Waals surface area contributed by atoms with Crippen molar-refractivity contribution < 1.29 is 4.92 Å². The molecule has 0 aliphatic rings. The summed E-state index contributed by atoms with van der Waals surface area (Å²) in [6.07, 6.45) is 0. The number of hydrogen-bond donors (Lipinski definition) is 0. The van der Waals surface area contributed by atoms with Crippen molar-refractivity contribution in [2.75, 3.05) is 0 Å². The lowest BCUT2D eigenvalue weighted by Gasteiger charge is -1.93. The van der Waals surface area contributed by atoms with Crippen molar-refractivity contribution in [2.45, 2.75) is 0 Å². The van der Waals surface area contributed by atoms with Gasteiger partial charge in [0.2, 0.25) is 0 Å². The van der Waals surface area contributed by atoms with Crippen LogP contribution in [0.2, 0.25) is 0 Å². The van der Waals surface area contributed by atoms with Crippen molar-refractivity contribution in [1.82, 2.24) is 0 Å². The Hall–Kier alpha value is -0.950. The van der Waals surface area contributed by atoms with E-state index < -0.39 is 0 Å². The van der Waals surface area contributed by atoms with Crippen molar-refractivity contribution in [3.63, 3.8) is 0 Å². The fourth-order valence-corrected chi connectivity index (χ4v) is 3.15. The Morgan fingerprint density at radius 3 is 2.47 bits per heavy atom. The molecule has 15 heavy (non-hydrogen) atoms. The molecule has 0 amide bonds. The van der Waals surface area contributed by atoms with Gasteiger partial charge in [-0.05, 0) is 34.2 Å². The summed E-state index contributed by atoms with van der Waals surface area (Å²) < 4.78 is 0.696. The van der Waals surface area contributed by atoms with E-state index in [4.69, 9.17) is 0 Å². The molecular weight excluding hydrogens is 325 g/mol. The fourth-order valence-electron chi connectivity index (χ4n) is 1.23. The van der Waals surface area contributed by atoms with E-state index in [1.165, 1.54) is 11.3 Å². The van der Waals surface area contributed by atoms with Crippen molar-refractivity contribution >= 4 is 38.9 Å². The first kappa shape index (κ1) is 10.6. The van der Waals surface area contributed by atoms with Gasteiger partial charge in [0.25, 0.3) is 0 Å². The van der Waals surface area contributed by atoms with E-state index in [-0.39, 0.29) is 9.92 Å². The van der Waals surface area contributed by atoms with E-state index in [2.05, 4.69) is 0 Å². The molecular formula is C10H6INO2S. The maximum atomic E-state index is 10.7. The van der Waals surface area contributed by atoms with Crippen LogP contribution in [-0.4, -0.2) is 4.92 Å². The monoisotopic (exact) mass is 331 g/mol. The van der Waals surface area contributed by atoms with Crippen molar-refractivity contribution in [1.29, 1.82) is 0 Å². The van der Waals surface area contributed by atoms with Crippen molar-refractivity contribution in [2.24, 2.45) is 0 Å². The molecule has 0 saturated carbocycles. The van der Waals surface area contributed by atoms with E-state index >= 15 is 0 Å². The molecule has 0 unspecified atom stereocenters. The van der Waals surface area contributed by atoms with Crippen LogP contribution in [0.15, 0.2) is 36.4 Å². The standard InChI is InChI=1S/C10H6INO2S/c11-8-6-9(15-10(8)12(13)14)7-4-2-1-3-5-7/h1-6H. The number of benzene rings is 1. The quantitative estimate of drug-likeness (QED) is 0.475. The van der Waals surface area contributed by atoms with Gasteiger partial charge in [0.05, 0.1) is 4.92 Å². The van der Waals surface area contributed by atoms with Gasteiger partial charge in [-0.1, -0.05) is 41.7 Å². The molecule has 0 radical (unpaired) electrons. The molecule has 1 heterocycles. The zero-order chi connectivity index (χ0) is 10.8. The van der Waals surface area contributed by atoms with Gasteiger partial charge >= 0.3 is 5.00 Å². The molecule has 0 fully saturated rings. The van der Waals surface area contributed by atoms with E-state index in [0.717, 1.165) is 10.4 Å². The van der Waals surface area contributed by atoms with Crippen LogP contribution < -0.4 is 0 Å². The normalized spacial score (nSPS) is 10.2. The summed E-state index contributed by atoms with van der Waals surface area (Å²) in [7, 11) is 0. The summed E-state index contributed by atoms with van der Waals surface area (Å²) >= 11 is 3.21. The van der Waals surface area contributed by atoms with Gasteiger partial charge in [0.1, 0.15) is 3.57 Å². The predicted octanol–water partition coefficient (Wildman–Crippen LogP) is 3.93. The highest BCUT2D eigenvalue weighted by Gasteiger charge is 2.17. The molecule has 0 spiro atoms. The first-order chi connectivity index (χ1) is 7.18. The molecule has 0 atom stereocenters. The largest absolute Gasteiger partial charge is 0.337 e. The summed E-state index contributed by atoms with van der Waals surface area (Å²) in [5.41, 5.74) is 1.02. The number of nitro groups is 1. The molecule has 0 aliphatic heterocycles. The first-order valence-corrected chi connectivity index (χ1v) is 6.07. The summed E-state index contributed by atoms with van der Waals surface area (Å²) in [5, 5.41) is 10.9. The Morgan fingerprint density at radius 2 is 1.93 bits per heavy atom. The molecule has 3 nitrogen and oxygen atoms in total. The van der Waals surface area contributed by atoms with Gasteiger partial charge in [-0.25, -0.2) is 0 Å². The molecule has 1 aromatic heterocycles. The highest BCUT2D eigenvalue weighted by molar-refractivity contribution is 14.1. The topological polar surface area (TPSA) is 43.1 Å². The minimum absolute atomic E-state index is 0.217. The molecule has 0 saturated heterocycles. The van der Waals surface area contributed by atoms with E-state index in [9.17, 15) is 10.1 Å². The van der Waals surface area contributed by atoms with Crippen LogP contribution in [0.3, 0.4) is 0 Å². The average Bonchev–Trinajstić information content (AvgIpc) is 2.62. The lowest BCUT2D eigenvalue weighted by molar-refractivity contribution is -0.381. The Kier molecular flexibility index (Phi) is 3.01. The lowest BCUT2D eigenvalue weighted by Crippen LogP contribution is -1.84. The number of thiophene rings is 1. The number of hydrogen-bond acceptors (Lipinski definition) is 3. The van der Waals surface area contributed by atoms with Crippen LogP contribution in [0.1, 0.15) is 0 Å². The maximum Gasteiger partial charge on any atom is 0.337 e. The summed E-state index contributed by atoms with van der Waals surface area (Å²) in [4.78, 5) is 11.3. The minimum Gasteiger partial charge on any atom is -0.258 e. The predicted molar refractivity (Wildman–Crippen MR) is 69.1 cm³/mol. The molecule has 0 N–H and O–H groups in total. The Morgan fingerprint density at radius 1 is 1.27 bits per heavy atom. The zero-order valence-corrected chi connectivity index (χ0v) is 10.5. The van der Waals surface area contributed by atoms with Crippen molar-refractivity contribution in [3.8, 4) is 10.4 Å². The molecule has 0 aliphatic carbocycles. The second-order valence-corrected chi connectivity index (χ2v) is 5.08. The van der Waals surface area contributed by atoms with Gasteiger partial charge in [0, 0.05) is 4.88 Å². The number of nitrogens with zero attached hydrogens (tertiary/aromatic N) is 1.